The minimum Gasteiger partial charge on any atom is -0.407 e. The molecule has 1 saturated heterocycles. The number of hydrogen-bond acceptors (Lipinski definition) is 7. The van der Waals surface area contributed by atoms with E-state index in [1.165, 1.54) is 12.1 Å². The maximum absolute atomic E-state index is 12.4. The number of carbonyl (C=O) groups is 2. The van der Waals surface area contributed by atoms with Crippen LogP contribution in [-0.2, 0) is 19.4 Å². The zero-order chi connectivity index (χ0) is 19.8. The van der Waals surface area contributed by atoms with Gasteiger partial charge in [-0.3, -0.25) is 14.9 Å². The van der Waals surface area contributed by atoms with E-state index in [1.54, 1.807) is 30.9 Å². The molecule has 27 heavy (non-hydrogen) atoms. The summed E-state index contributed by atoms with van der Waals surface area (Å²) < 4.78 is 28.6. The summed E-state index contributed by atoms with van der Waals surface area (Å²) in [5.41, 5.74) is 0.600. The maximum atomic E-state index is 12.4. The molecule has 1 N–H and O–H groups in total. The third kappa shape index (κ3) is 4.16. The Balaban J connectivity index is 1.72. The number of nitrogens with one attached hydrogen (secondary N) is 1. The maximum Gasteiger partial charge on any atom is 0.322 e. The number of carbonyl (C=O) groups excluding carboxylic acids is 2. The Kier molecular flexibility index (Phi) is 5.01. The van der Waals surface area contributed by atoms with E-state index in [2.05, 4.69) is 15.5 Å². The largest absolute Gasteiger partial charge is 0.407 e. The molecule has 2 heterocycles. The zero-order valence-electron chi connectivity index (χ0n) is 15.2. The van der Waals surface area contributed by atoms with Gasteiger partial charge in [-0.2, -0.15) is 0 Å². The third-order valence-electron chi connectivity index (χ3n) is 4.25. The van der Waals surface area contributed by atoms with Gasteiger partial charge in [-0.1, -0.05) is 18.9 Å². The van der Waals surface area contributed by atoms with E-state index in [0.717, 1.165) is 6.26 Å². The Morgan fingerprint density at radius 1 is 1.26 bits per heavy atom. The molecule has 2 aromatic rings. The predicted octanol–water partition coefficient (Wildman–Crippen LogP) is 1.59. The van der Waals surface area contributed by atoms with Gasteiger partial charge in [-0.05, 0) is 24.3 Å². The molecular weight excluding hydrogens is 372 g/mol. The van der Waals surface area contributed by atoms with Crippen LogP contribution in [0.4, 0.5) is 11.7 Å². The number of aromatic nitrogens is 2. The van der Waals surface area contributed by atoms with E-state index in [-0.39, 0.29) is 46.9 Å². The summed E-state index contributed by atoms with van der Waals surface area (Å²) >= 11 is 0. The number of benzene rings is 1. The fraction of sp³-hybridized carbons (Fsp3) is 0.412. The molecule has 3 rings (SSSR count). The van der Waals surface area contributed by atoms with Crippen molar-refractivity contribution in [3.8, 4) is 0 Å². The molecule has 144 valence electrons. The Morgan fingerprint density at radius 3 is 2.52 bits per heavy atom. The fourth-order valence-electron chi connectivity index (χ4n) is 2.70. The molecule has 0 aliphatic carbocycles. The van der Waals surface area contributed by atoms with Crippen LogP contribution in [0.3, 0.4) is 0 Å². The molecule has 1 aromatic carbocycles. The molecule has 1 atom stereocenters. The lowest BCUT2D eigenvalue weighted by atomic mass is 10.1. The van der Waals surface area contributed by atoms with Crippen LogP contribution in [0.5, 0.6) is 0 Å². The highest BCUT2D eigenvalue weighted by molar-refractivity contribution is 7.90. The minimum atomic E-state index is -3.30. The van der Waals surface area contributed by atoms with Crippen molar-refractivity contribution in [2.75, 3.05) is 23.0 Å². The van der Waals surface area contributed by atoms with Gasteiger partial charge in [0.25, 0.3) is 0 Å². The number of sulfone groups is 1. The van der Waals surface area contributed by atoms with Crippen LogP contribution in [0.1, 0.15) is 32.1 Å². The summed E-state index contributed by atoms with van der Waals surface area (Å²) in [6, 6.07) is 6.14. The summed E-state index contributed by atoms with van der Waals surface area (Å²) in [5.74, 6) is -0.612. The van der Waals surface area contributed by atoms with Crippen LogP contribution >= 0.6 is 0 Å². The van der Waals surface area contributed by atoms with Gasteiger partial charge < -0.3 is 9.32 Å². The first kappa shape index (κ1) is 19.0. The van der Waals surface area contributed by atoms with Crippen molar-refractivity contribution in [3.05, 3.63) is 30.2 Å². The van der Waals surface area contributed by atoms with Crippen LogP contribution in [0, 0.1) is 5.92 Å². The highest BCUT2D eigenvalue weighted by Gasteiger charge is 2.35. The number of nitrogens with zero attached hydrogens (tertiary/aromatic N) is 3. The molecular formula is C17H20N4O5S. The van der Waals surface area contributed by atoms with Crippen LogP contribution in [0.2, 0.25) is 0 Å². The second-order valence-electron chi connectivity index (χ2n) is 6.76. The van der Waals surface area contributed by atoms with Crippen molar-refractivity contribution in [2.45, 2.75) is 31.1 Å². The highest BCUT2D eigenvalue weighted by Crippen LogP contribution is 2.32. The molecule has 2 amide bonds. The second kappa shape index (κ2) is 7.10. The lowest BCUT2D eigenvalue weighted by molar-refractivity contribution is -0.119. The first-order valence-corrected chi connectivity index (χ1v) is 10.3. The van der Waals surface area contributed by atoms with Crippen molar-refractivity contribution in [1.29, 1.82) is 0 Å². The molecule has 9 nitrogen and oxygen atoms in total. The molecule has 0 spiro atoms. The molecule has 1 aliphatic rings. The van der Waals surface area contributed by atoms with E-state index >= 15 is 0 Å². The Morgan fingerprint density at radius 2 is 1.93 bits per heavy atom. The van der Waals surface area contributed by atoms with Crippen molar-refractivity contribution >= 4 is 33.4 Å². The molecule has 0 bridgehead atoms. The van der Waals surface area contributed by atoms with Gasteiger partial charge in [-0.15, -0.1) is 5.10 Å². The van der Waals surface area contributed by atoms with Crippen molar-refractivity contribution in [2.24, 2.45) is 5.92 Å². The number of rotatable bonds is 5. The monoisotopic (exact) mass is 392 g/mol. The van der Waals surface area contributed by atoms with E-state index in [4.69, 9.17) is 4.42 Å². The quantitative estimate of drug-likeness (QED) is 0.819. The van der Waals surface area contributed by atoms with Gasteiger partial charge in [0.1, 0.15) is 0 Å². The van der Waals surface area contributed by atoms with E-state index in [0.29, 0.717) is 12.2 Å². The van der Waals surface area contributed by atoms with Gasteiger partial charge in [0.2, 0.25) is 17.7 Å². The van der Waals surface area contributed by atoms with E-state index in [9.17, 15) is 18.0 Å². The lowest BCUT2D eigenvalue weighted by Crippen LogP contribution is -2.24. The van der Waals surface area contributed by atoms with Crippen molar-refractivity contribution in [3.63, 3.8) is 0 Å². The standard InChI is InChI=1S/C17H20N4O5S/c1-10(2)15(23)18-17-20-19-16(26-17)11-8-14(22)21(9-11)12-4-6-13(7-5-12)27(3,24)25/h4-7,10-11H,8-9H2,1-3H3,(H,18,20,23)/t11-/m1/s1. The van der Waals surface area contributed by atoms with Crippen LogP contribution in [0.25, 0.3) is 0 Å². The minimum absolute atomic E-state index is 0.00658. The summed E-state index contributed by atoms with van der Waals surface area (Å²) in [6.07, 6.45) is 1.32. The van der Waals surface area contributed by atoms with Crippen LogP contribution in [-0.4, -0.2) is 43.2 Å². The van der Waals surface area contributed by atoms with Crippen LogP contribution < -0.4 is 10.2 Å². The normalized spacial score (nSPS) is 17.6. The molecule has 1 aromatic heterocycles. The summed E-state index contributed by atoms with van der Waals surface area (Å²) in [5, 5.41) is 10.3. The molecule has 0 unspecified atom stereocenters. The van der Waals surface area contributed by atoms with Gasteiger partial charge in [0.15, 0.2) is 9.84 Å². The number of amides is 2. The summed E-state index contributed by atoms with van der Waals surface area (Å²) in [7, 11) is -3.30. The van der Waals surface area contributed by atoms with Crippen LogP contribution in [0.15, 0.2) is 33.6 Å². The van der Waals surface area contributed by atoms with Gasteiger partial charge in [-0.25, -0.2) is 8.42 Å². The molecule has 10 heteroatoms. The smallest absolute Gasteiger partial charge is 0.322 e. The van der Waals surface area contributed by atoms with E-state index in [1.807, 2.05) is 0 Å². The second-order valence-corrected chi connectivity index (χ2v) is 8.78. The first-order valence-electron chi connectivity index (χ1n) is 8.40. The predicted molar refractivity (Wildman–Crippen MR) is 97.0 cm³/mol. The molecule has 1 fully saturated rings. The van der Waals surface area contributed by atoms with Gasteiger partial charge >= 0.3 is 6.01 Å². The Hall–Kier alpha value is -2.75. The average molecular weight is 392 g/mol. The van der Waals surface area contributed by atoms with Gasteiger partial charge in [0, 0.05) is 30.8 Å². The molecule has 1 aliphatic heterocycles. The molecule has 0 saturated carbocycles. The lowest BCUT2D eigenvalue weighted by Gasteiger charge is -2.16. The fourth-order valence-corrected chi connectivity index (χ4v) is 3.33. The Labute approximate surface area is 156 Å². The Bertz CT molecular complexity index is 965. The SMILES string of the molecule is CC(C)C(=O)Nc1nnc([C@@H]2CC(=O)N(c3ccc(S(C)(=O)=O)cc3)C2)o1. The van der Waals surface area contributed by atoms with Crippen molar-refractivity contribution in [1.82, 2.24) is 10.2 Å². The van der Waals surface area contributed by atoms with E-state index < -0.39 is 9.84 Å². The topological polar surface area (TPSA) is 122 Å². The highest BCUT2D eigenvalue weighted by atomic mass is 32.2. The first-order chi connectivity index (χ1) is 12.6. The third-order valence-corrected chi connectivity index (χ3v) is 5.37. The zero-order valence-corrected chi connectivity index (χ0v) is 16.0. The molecule has 0 radical (unpaired) electrons. The average Bonchev–Trinajstić information content (AvgIpc) is 3.20. The number of anilines is 2. The summed E-state index contributed by atoms with van der Waals surface area (Å²) in [6.45, 7) is 3.82. The number of hydrogen-bond donors (Lipinski definition) is 1. The van der Waals surface area contributed by atoms with Crippen molar-refractivity contribution < 1.29 is 22.4 Å². The van der Waals surface area contributed by atoms with Gasteiger partial charge in [0.05, 0.1) is 10.8 Å². The summed E-state index contributed by atoms with van der Waals surface area (Å²) in [4.78, 5) is 25.8.